The van der Waals surface area contributed by atoms with Crippen LogP contribution in [0.25, 0.3) is 0 Å². The van der Waals surface area contributed by atoms with Crippen molar-refractivity contribution in [2.75, 3.05) is 20.1 Å². The van der Waals surface area contributed by atoms with Gasteiger partial charge < -0.3 is 10.2 Å². The van der Waals surface area contributed by atoms with Crippen LogP contribution in [-0.4, -0.2) is 51.3 Å². The zero-order chi connectivity index (χ0) is 19.3. The summed E-state index contributed by atoms with van der Waals surface area (Å²) in [5.41, 5.74) is 0. The molecule has 1 aromatic heterocycles. The van der Waals surface area contributed by atoms with Gasteiger partial charge in [0.1, 0.15) is 0 Å². The summed E-state index contributed by atoms with van der Waals surface area (Å²) in [5.74, 6) is 0.301. The maximum atomic E-state index is 12.6. The lowest BCUT2D eigenvalue weighted by atomic mass is 10.1. The van der Waals surface area contributed by atoms with E-state index in [1.54, 1.807) is 0 Å². The molecule has 1 aliphatic heterocycles. The standard InChI is InChI=1S/C17H27N3O4S2/c1-12(2)6-8-20-9-7-13(4-5-16(20)21)19-26(23,24)14-10-15(25-11-14)17(22)18-3/h10-13,19H,4-9H2,1-3H3,(H,18,22). The van der Waals surface area contributed by atoms with Crippen LogP contribution in [0.2, 0.25) is 0 Å². The first-order valence-electron chi connectivity index (χ1n) is 8.83. The van der Waals surface area contributed by atoms with Gasteiger partial charge in [-0.05, 0) is 31.2 Å². The Morgan fingerprint density at radius 3 is 2.77 bits per heavy atom. The van der Waals surface area contributed by atoms with Crippen LogP contribution in [0, 0.1) is 5.92 Å². The third-order valence-corrected chi connectivity index (χ3v) is 7.02. The molecule has 1 atom stereocenters. The number of amides is 2. The minimum atomic E-state index is -3.71. The van der Waals surface area contributed by atoms with Gasteiger partial charge in [0.15, 0.2) is 0 Å². The SMILES string of the molecule is CNC(=O)c1cc(S(=O)(=O)NC2CCC(=O)N(CCC(C)C)CC2)cs1. The Balaban J connectivity index is 2.00. The number of thiophene rings is 1. The summed E-state index contributed by atoms with van der Waals surface area (Å²) in [4.78, 5) is 26.1. The predicted molar refractivity (Wildman–Crippen MR) is 102 cm³/mol. The van der Waals surface area contributed by atoms with Gasteiger partial charge in [0.2, 0.25) is 15.9 Å². The summed E-state index contributed by atoms with van der Waals surface area (Å²) in [6, 6.07) is 1.10. The van der Waals surface area contributed by atoms with Crippen LogP contribution < -0.4 is 10.0 Å². The van der Waals surface area contributed by atoms with E-state index in [0.717, 1.165) is 24.3 Å². The van der Waals surface area contributed by atoms with Gasteiger partial charge in [-0.3, -0.25) is 9.59 Å². The first kappa shape index (κ1) is 20.9. The smallest absolute Gasteiger partial charge is 0.261 e. The number of likely N-dealkylation sites (tertiary alicyclic amines) is 1. The van der Waals surface area contributed by atoms with E-state index in [9.17, 15) is 18.0 Å². The molecule has 2 heterocycles. The van der Waals surface area contributed by atoms with Gasteiger partial charge in [-0.2, -0.15) is 0 Å². The molecule has 1 aliphatic rings. The van der Waals surface area contributed by atoms with E-state index < -0.39 is 10.0 Å². The van der Waals surface area contributed by atoms with E-state index in [1.807, 2.05) is 4.90 Å². The molecule has 1 saturated heterocycles. The Labute approximate surface area is 159 Å². The van der Waals surface area contributed by atoms with Gasteiger partial charge in [-0.15, -0.1) is 11.3 Å². The molecule has 0 aromatic carbocycles. The predicted octanol–water partition coefficient (Wildman–Crippen LogP) is 1.81. The highest BCUT2D eigenvalue weighted by atomic mass is 32.2. The average molecular weight is 402 g/mol. The molecular weight excluding hydrogens is 374 g/mol. The van der Waals surface area contributed by atoms with Crippen molar-refractivity contribution in [2.45, 2.75) is 50.5 Å². The van der Waals surface area contributed by atoms with Crippen LogP contribution in [0.5, 0.6) is 0 Å². The molecule has 0 aliphatic carbocycles. The van der Waals surface area contributed by atoms with Gasteiger partial charge in [0.05, 0.1) is 9.77 Å². The summed E-state index contributed by atoms with van der Waals surface area (Å²) < 4.78 is 27.9. The first-order valence-corrected chi connectivity index (χ1v) is 11.2. The zero-order valence-electron chi connectivity index (χ0n) is 15.4. The van der Waals surface area contributed by atoms with E-state index >= 15 is 0 Å². The second-order valence-corrected chi connectivity index (χ2v) is 9.56. The molecule has 7 nitrogen and oxygen atoms in total. The topological polar surface area (TPSA) is 95.6 Å². The molecule has 0 spiro atoms. The number of carbonyl (C=O) groups is 2. The zero-order valence-corrected chi connectivity index (χ0v) is 17.1. The van der Waals surface area contributed by atoms with E-state index in [1.165, 1.54) is 18.5 Å². The van der Waals surface area contributed by atoms with Crippen molar-refractivity contribution in [3.8, 4) is 0 Å². The van der Waals surface area contributed by atoms with E-state index in [4.69, 9.17) is 0 Å². The number of sulfonamides is 1. The lowest BCUT2D eigenvalue weighted by Crippen LogP contribution is -2.36. The Morgan fingerprint density at radius 2 is 2.12 bits per heavy atom. The van der Waals surface area contributed by atoms with Crippen molar-refractivity contribution >= 4 is 33.2 Å². The summed E-state index contributed by atoms with van der Waals surface area (Å²) in [6.07, 6.45) is 2.37. The molecule has 26 heavy (non-hydrogen) atoms. The van der Waals surface area contributed by atoms with Gasteiger partial charge in [-0.25, -0.2) is 13.1 Å². The van der Waals surface area contributed by atoms with Crippen molar-refractivity contribution in [3.05, 3.63) is 16.3 Å². The summed E-state index contributed by atoms with van der Waals surface area (Å²) in [5, 5.41) is 3.94. The highest BCUT2D eigenvalue weighted by Gasteiger charge is 2.27. The van der Waals surface area contributed by atoms with Crippen LogP contribution in [-0.2, 0) is 14.8 Å². The van der Waals surface area contributed by atoms with Gasteiger partial charge in [-0.1, -0.05) is 13.8 Å². The average Bonchev–Trinajstić information content (AvgIpc) is 3.02. The van der Waals surface area contributed by atoms with Gasteiger partial charge >= 0.3 is 0 Å². The molecule has 0 radical (unpaired) electrons. The molecule has 2 N–H and O–H groups in total. The maximum absolute atomic E-state index is 12.6. The van der Waals surface area contributed by atoms with Crippen LogP contribution in [0.4, 0.5) is 0 Å². The maximum Gasteiger partial charge on any atom is 0.261 e. The molecule has 2 amide bonds. The first-order chi connectivity index (χ1) is 12.2. The fourth-order valence-corrected chi connectivity index (χ4v) is 5.32. The third-order valence-electron chi connectivity index (χ3n) is 4.44. The minimum Gasteiger partial charge on any atom is -0.354 e. The summed E-state index contributed by atoms with van der Waals surface area (Å²) in [6.45, 7) is 5.52. The normalized spacial score (nSPS) is 18.8. The molecule has 146 valence electrons. The number of rotatable bonds is 7. The van der Waals surface area contributed by atoms with Gasteiger partial charge in [0, 0.05) is 38.0 Å². The van der Waals surface area contributed by atoms with Gasteiger partial charge in [0.25, 0.3) is 5.91 Å². The summed E-state index contributed by atoms with van der Waals surface area (Å²) >= 11 is 1.09. The van der Waals surface area contributed by atoms with E-state index in [2.05, 4.69) is 23.9 Å². The van der Waals surface area contributed by atoms with Crippen molar-refractivity contribution in [1.82, 2.24) is 14.9 Å². The van der Waals surface area contributed by atoms with Crippen molar-refractivity contribution < 1.29 is 18.0 Å². The highest BCUT2D eigenvalue weighted by molar-refractivity contribution is 7.89. The minimum absolute atomic E-state index is 0.0878. The number of carbonyl (C=O) groups excluding carboxylic acids is 2. The van der Waals surface area contributed by atoms with Crippen LogP contribution in [0.15, 0.2) is 16.3 Å². The summed E-state index contributed by atoms with van der Waals surface area (Å²) in [7, 11) is -2.21. The number of nitrogens with one attached hydrogen (secondary N) is 2. The molecule has 1 fully saturated rings. The Kier molecular flexibility index (Phi) is 7.19. The van der Waals surface area contributed by atoms with Crippen molar-refractivity contribution in [2.24, 2.45) is 5.92 Å². The fraction of sp³-hybridized carbons (Fsp3) is 0.647. The van der Waals surface area contributed by atoms with Crippen molar-refractivity contribution in [3.63, 3.8) is 0 Å². The highest BCUT2D eigenvalue weighted by Crippen LogP contribution is 2.21. The third kappa shape index (κ3) is 5.52. The van der Waals surface area contributed by atoms with E-state index in [0.29, 0.717) is 36.6 Å². The Hall–Kier alpha value is -1.45. The molecule has 0 bridgehead atoms. The monoisotopic (exact) mass is 401 g/mol. The lowest BCUT2D eigenvalue weighted by molar-refractivity contribution is -0.130. The number of hydrogen-bond acceptors (Lipinski definition) is 5. The van der Waals surface area contributed by atoms with Crippen LogP contribution in [0.1, 0.15) is 49.2 Å². The van der Waals surface area contributed by atoms with Crippen LogP contribution in [0.3, 0.4) is 0 Å². The number of hydrogen-bond donors (Lipinski definition) is 2. The second-order valence-electron chi connectivity index (χ2n) is 6.93. The molecule has 1 aromatic rings. The van der Waals surface area contributed by atoms with Crippen LogP contribution >= 0.6 is 11.3 Å². The molecule has 2 rings (SSSR count). The lowest BCUT2D eigenvalue weighted by Gasteiger charge is -2.22. The largest absolute Gasteiger partial charge is 0.354 e. The Morgan fingerprint density at radius 1 is 1.38 bits per heavy atom. The molecule has 9 heteroatoms. The van der Waals surface area contributed by atoms with Crippen molar-refractivity contribution in [1.29, 1.82) is 0 Å². The fourth-order valence-electron chi connectivity index (χ4n) is 2.79. The van der Waals surface area contributed by atoms with E-state index in [-0.39, 0.29) is 22.8 Å². The molecule has 1 unspecified atom stereocenters. The number of nitrogens with zero attached hydrogens (tertiary/aromatic N) is 1. The second kappa shape index (κ2) is 8.96. The quantitative estimate of drug-likeness (QED) is 0.728. The molecular formula is C17H27N3O4S2. The molecule has 0 saturated carbocycles. The Bertz CT molecular complexity index is 743.